The van der Waals surface area contributed by atoms with Crippen LogP contribution in [0.25, 0.3) is 0 Å². The van der Waals surface area contributed by atoms with Crippen LogP contribution in [0.4, 0.5) is 5.69 Å². The van der Waals surface area contributed by atoms with Crippen molar-refractivity contribution < 1.29 is 9.59 Å². The third kappa shape index (κ3) is 2.70. The average Bonchev–Trinajstić information content (AvgIpc) is 2.41. The molecule has 5 nitrogen and oxygen atoms in total. The van der Waals surface area contributed by atoms with Crippen LogP contribution in [0.1, 0.15) is 22.8 Å². The van der Waals surface area contributed by atoms with Crippen molar-refractivity contribution in [2.24, 2.45) is 0 Å². The van der Waals surface area contributed by atoms with Crippen LogP contribution in [0.15, 0.2) is 18.2 Å². The molecule has 1 aliphatic rings. The van der Waals surface area contributed by atoms with Crippen LogP contribution in [-0.2, 0) is 4.79 Å². The van der Waals surface area contributed by atoms with Gasteiger partial charge in [0, 0.05) is 44.4 Å². The summed E-state index contributed by atoms with van der Waals surface area (Å²) in [6.07, 6.45) is 0. The lowest BCUT2D eigenvalue weighted by molar-refractivity contribution is -0.130. The highest BCUT2D eigenvalue weighted by molar-refractivity contribution is 5.97. The zero-order valence-corrected chi connectivity index (χ0v) is 11.3. The summed E-state index contributed by atoms with van der Waals surface area (Å²) in [6, 6.07) is 5.38. The number of carbonyl (C=O) groups is 2. The van der Waals surface area contributed by atoms with E-state index in [9.17, 15) is 9.59 Å². The summed E-state index contributed by atoms with van der Waals surface area (Å²) in [5, 5.41) is 0. The topological polar surface area (TPSA) is 66.6 Å². The van der Waals surface area contributed by atoms with Crippen LogP contribution in [0, 0.1) is 6.92 Å². The van der Waals surface area contributed by atoms with Crippen LogP contribution >= 0.6 is 0 Å². The van der Waals surface area contributed by atoms with Gasteiger partial charge in [-0.25, -0.2) is 0 Å². The van der Waals surface area contributed by atoms with Gasteiger partial charge in [0.1, 0.15) is 0 Å². The molecule has 0 spiro atoms. The van der Waals surface area contributed by atoms with E-state index < -0.39 is 0 Å². The van der Waals surface area contributed by atoms with Gasteiger partial charge in [-0.1, -0.05) is 6.07 Å². The minimum atomic E-state index is -0.00648. The highest BCUT2D eigenvalue weighted by atomic mass is 16.2. The molecule has 0 radical (unpaired) electrons. The number of nitrogens with zero attached hydrogens (tertiary/aromatic N) is 2. The molecular formula is C14H19N3O2. The minimum Gasteiger partial charge on any atom is -0.398 e. The molecule has 2 amide bonds. The molecule has 2 N–H and O–H groups in total. The number of amides is 2. The van der Waals surface area contributed by atoms with Crippen molar-refractivity contribution >= 4 is 17.5 Å². The third-order valence-electron chi connectivity index (χ3n) is 3.62. The highest BCUT2D eigenvalue weighted by Crippen LogP contribution is 2.18. The van der Waals surface area contributed by atoms with Gasteiger partial charge in [0.25, 0.3) is 5.91 Å². The maximum atomic E-state index is 12.4. The monoisotopic (exact) mass is 261 g/mol. The standard InChI is InChI=1S/C14H19N3O2/c1-10-12(4-3-5-13(10)15)14(19)17-8-6-16(7-9-17)11(2)18/h3-5H,6-9,15H2,1-2H3. The van der Waals surface area contributed by atoms with Crippen molar-refractivity contribution in [2.45, 2.75) is 13.8 Å². The molecule has 1 saturated heterocycles. The quantitative estimate of drug-likeness (QED) is 0.763. The molecule has 1 aromatic rings. The van der Waals surface area contributed by atoms with E-state index in [0.29, 0.717) is 37.4 Å². The van der Waals surface area contributed by atoms with E-state index in [0.717, 1.165) is 5.56 Å². The number of rotatable bonds is 1. The lowest BCUT2D eigenvalue weighted by atomic mass is 10.1. The predicted octanol–water partition coefficient (Wildman–Crippen LogP) is 0.882. The molecule has 1 aromatic carbocycles. The maximum absolute atomic E-state index is 12.4. The first-order valence-corrected chi connectivity index (χ1v) is 6.40. The summed E-state index contributed by atoms with van der Waals surface area (Å²) in [6.45, 7) is 5.76. The highest BCUT2D eigenvalue weighted by Gasteiger charge is 2.24. The molecule has 1 heterocycles. The Morgan fingerprint density at radius 1 is 1.11 bits per heavy atom. The van der Waals surface area contributed by atoms with Crippen molar-refractivity contribution in [1.82, 2.24) is 9.80 Å². The molecule has 0 saturated carbocycles. The van der Waals surface area contributed by atoms with E-state index in [1.165, 1.54) is 0 Å². The maximum Gasteiger partial charge on any atom is 0.254 e. The van der Waals surface area contributed by atoms with E-state index in [1.54, 1.807) is 34.9 Å². The van der Waals surface area contributed by atoms with Crippen molar-refractivity contribution in [3.05, 3.63) is 29.3 Å². The van der Waals surface area contributed by atoms with Gasteiger partial charge < -0.3 is 15.5 Å². The molecule has 102 valence electrons. The Balaban J connectivity index is 2.09. The number of benzene rings is 1. The van der Waals surface area contributed by atoms with Crippen molar-refractivity contribution in [1.29, 1.82) is 0 Å². The summed E-state index contributed by atoms with van der Waals surface area (Å²) in [7, 11) is 0. The predicted molar refractivity (Wildman–Crippen MR) is 73.7 cm³/mol. The van der Waals surface area contributed by atoms with E-state index in [-0.39, 0.29) is 11.8 Å². The van der Waals surface area contributed by atoms with Gasteiger partial charge in [-0.3, -0.25) is 9.59 Å². The number of nitrogens with two attached hydrogens (primary N) is 1. The van der Waals surface area contributed by atoms with Crippen LogP contribution in [0.2, 0.25) is 0 Å². The first-order chi connectivity index (χ1) is 9.00. The second kappa shape index (κ2) is 5.30. The fraction of sp³-hybridized carbons (Fsp3) is 0.429. The fourth-order valence-corrected chi connectivity index (χ4v) is 2.28. The SMILES string of the molecule is CC(=O)N1CCN(C(=O)c2cccc(N)c2C)CC1. The summed E-state index contributed by atoms with van der Waals surface area (Å²) in [5.41, 5.74) is 7.93. The smallest absolute Gasteiger partial charge is 0.254 e. The summed E-state index contributed by atoms with van der Waals surface area (Å²) < 4.78 is 0. The Morgan fingerprint density at radius 2 is 1.68 bits per heavy atom. The molecule has 0 bridgehead atoms. The molecule has 19 heavy (non-hydrogen) atoms. The molecular weight excluding hydrogens is 242 g/mol. The van der Waals surface area contributed by atoms with E-state index in [1.807, 2.05) is 6.92 Å². The van der Waals surface area contributed by atoms with E-state index in [2.05, 4.69) is 0 Å². The van der Waals surface area contributed by atoms with Gasteiger partial charge >= 0.3 is 0 Å². The van der Waals surface area contributed by atoms with Gasteiger partial charge in [-0.05, 0) is 24.6 Å². The lowest BCUT2D eigenvalue weighted by Crippen LogP contribution is -2.50. The Labute approximate surface area is 113 Å². The molecule has 1 fully saturated rings. The van der Waals surface area contributed by atoms with E-state index in [4.69, 9.17) is 5.73 Å². The number of hydrogen-bond donors (Lipinski definition) is 1. The van der Waals surface area contributed by atoms with Crippen LogP contribution in [-0.4, -0.2) is 47.8 Å². The number of piperazine rings is 1. The first kappa shape index (κ1) is 13.4. The number of nitrogen functional groups attached to an aromatic ring is 1. The van der Waals surface area contributed by atoms with Gasteiger partial charge in [0.2, 0.25) is 5.91 Å². The van der Waals surface area contributed by atoms with Crippen LogP contribution < -0.4 is 5.73 Å². The molecule has 2 rings (SSSR count). The van der Waals surface area contributed by atoms with Crippen molar-refractivity contribution in [2.75, 3.05) is 31.9 Å². The number of anilines is 1. The van der Waals surface area contributed by atoms with Gasteiger partial charge in [-0.15, -0.1) is 0 Å². The first-order valence-electron chi connectivity index (χ1n) is 6.40. The zero-order valence-electron chi connectivity index (χ0n) is 11.3. The Hall–Kier alpha value is -2.04. The second-order valence-electron chi connectivity index (χ2n) is 4.82. The molecule has 0 atom stereocenters. The summed E-state index contributed by atoms with van der Waals surface area (Å²) in [5.74, 6) is 0.0558. The molecule has 1 aliphatic heterocycles. The van der Waals surface area contributed by atoms with Crippen LogP contribution in [0.3, 0.4) is 0 Å². The lowest BCUT2D eigenvalue weighted by Gasteiger charge is -2.34. The van der Waals surface area contributed by atoms with E-state index >= 15 is 0 Å². The summed E-state index contributed by atoms with van der Waals surface area (Å²) >= 11 is 0. The Kier molecular flexibility index (Phi) is 3.74. The van der Waals surface area contributed by atoms with Crippen molar-refractivity contribution in [3.63, 3.8) is 0 Å². The largest absolute Gasteiger partial charge is 0.398 e. The summed E-state index contributed by atoms with van der Waals surface area (Å²) in [4.78, 5) is 27.2. The molecule has 0 aliphatic carbocycles. The Bertz CT molecular complexity index is 505. The fourth-order valence-electron chi connectivity index (χ4n) is 2.28. The molecule has 0 aromatic heterocycles. The minimum absolute atomic E-state index is 0.00648. The van der Waals surface area contributed by atoms with Crippen LogP contribution in [0.5, 0.6) is 0 Å². The normalized spacial score (nSPS) is 15.5. The van der Waals surface area contributed by atoms with Gasteiger partial charge in [-0.2, -0.15) is 0 Å². The molecule has 5 heteroatoms. The van der Waals surface area contributed by atoms with Crippen molar-refractivity contribution in [3.8, 4) is 0 Å². The molecule has 0 unspecified atom stereocenters. The second-order valence-corrected chi connectivity index (χ2v) is 4.82. The number of hydrogen-bond acceptors (Lipinski definition) is 3. The zero-order chi connectivity index (χ0) is 14.0. The van der Waals surface area contributed by atoms with Gasteiger partial charge in [0.15, 0.2) is 0 Å². The number of carbonyl (C=O) groups excluding carboxylic acids is 2. The van der Waals surface area contributed by atoms with Gasteiger partial charge in [0.05, 0.1) is 0 Å². The Morgan fingerprint density at radius 3 is 2.26 bits per heavy atom. The third-order valence-corrected chi connectivity index (χ3v) is 3.62. The average molecular weight is 261 g/mol.